The Hall–Kier alpha value is -2.10. The van der Waals surface area contributed by atoms with E-state index in [0.717, 1.165) is 11.3 Å². The van der Waals surface area contributed by atoms with Crippen LogP contribution in [0, 0.1) is 24.2 Å². The molecule has 1 aliphatic carbocycles. The number of nitrogens with one attached hydrogen (secondary N) is 1. The van der Waals surface area contributed by atoms with Crippen molar-refractivity contribution in [3.63, 3.8) is 0 Å². The summed E-state index contributed by atoms with van der Waals surface area (Å²) in [5.74, 6) is -0.0800. The first-order valence-corrected chi connectivity index (χ1v) is 7.83. The van der Waals surface area contributed by atoms with Gasteiger partial charge in [-0.2, -0.15) is 0 Å². The number of methoxy groups -OCH3 is 1. The molecule has 0 radical (unpaired) electrons. The summed E-state index contributed by atoms with van der Waals surface area (Å²) < 4.78 is 4.71. The Morgan fingerprint density at radius 2 is 1.91 bits per heavy atom. The normalized spacial score (nSPS) is 21.3. The van der Waals surface area contributed by atoms with Crippen LogP contribution in [0.25, 0.3) is 0 Å². The Labute approximate surface area is 137 Å². The molecule has 0 aliphatic heterocycles. The van der Waals surface area contributed by atoms with Crippen LogP contribution in [-0.2, 0) is 9.53 Å². The Morgan fingerprint density at radius 1 is 1.26 bits per heavy atom. The Morgan fingerprint density at radius 3 is 2.43 bits per heavy atom. The molecule has 0 bridgehead atoms. The third-order valence-electron chi connectivity index (χ3n) is 4.61. The molecule has 1 fully saturated rings. The van der Waals surface area contributed by atoms with E-state index in [0.29, 0.717) is 5.56 Å². The molecule has 4 nitrogen and oxygen atoms in total. The summed E-state index contributed by atoms with van der Waals surface area (Å²) in [4.78, 5) is 24.1. The van der Waals surface area contributed by atoms with Crippen LogP contribution in [0.5, 0.6) is 0 Å². The average molecular weight is 315 g/mol. The van der Waals surface area contributed by atoms with Crippen LogP contribution in [0.15, 0.2) is 29.8 Å². The van der Waals surface area contributed by atoms with Gasteiger partial charge in [0, 0.05) is 5.69 Å². The summed E-state index contributed by atoms with van der Waals surface area (Å²) >= 11 is 0. The van der Waals surface area contributed by atoms with Gasteiger partial charge in [-0.25, -0.2) is 4.79 Å². The first-order chi connectivity index (χ1) is 10.7. The van der Waals surface area contributed by atoms with Gasteiger partial charge >= 0.3 is 5.97 Å². The highest BCUT2D eigenvalue weighted by atomic mass is 16.5. The van der Waals surface area contributed by atoms with E-state index in [1.807, 2.05) is 6.92 Å². The zero-order valence-electron chi connectivity index (χ0n) is 14.7. The van der Waals surface area contributed by atoms with Gasteiger partial charge in [0.25, 0.3) is 0 Å². The predicted molar refractivity (Wildman–Crippen MR) is 91.3 cm³/mol. The monoisotopic (exact) mass is 315 g/mol. The standard InChI is InChI=1S/C19H25NO3/c1-11(2)9-14-16(19(14,4)5)17(21)20-15-8-7-13(10-12(15)3)18(22)23-6/h7-10,14,16H,1-6H3,(H,20,21). The smallest absolute Gasteiger partial charge is 0.337 e. The number of rotatable bonds is 4. The van der Waals surface area contributed by atoms with Gasteiger partial charge in [0.1, 0.15) is 0 Å². The molecule has 1 N–H and O–H groups in total. The lowest BCUT2D eigenvalue weighted by atomic mass is 10.1. The van der Waals surface area contributed by atoms with Crippen molar-refractivity contribution in [1.29, 1.82) is 0 Å². The van der Waals surface area contributed by atoms with Crippen molar-refractivity contribution in [2.24, 2.45) is 17.3 Å². The van der Waals surface area contributed by atoms with Crippen molar-refractivity contribution in [3.05, 3.63) is 41.0 Å². The van der Waals surface area contributed by atoms with Crippen molar-refractivity contribution in [2.45, 2.75) is 34.6 Å². The SMILES string of the molecule is COC(=O)c1ccc(NC(=O)C2C(C=C(C)C)C2(C)C)c(C)c1. The number of carbonyl (C=O) groups excluding carboxylic acids is 2. The Balaban J connectivity index is 2.13. The number of esters is 1. The van der Waals surface area contributed by atoms with Crippen molar-refractivity contribution < 1.29 is 14.3 Å². The van der Waals surface area contributed by atoms with Crippen LogP contribution in [0.2, 0.25) is 0 Å². The van der Waals surface area contributed by atoms with Crippen molar-refractivity contribution in [3.8, 4) is 0 Å². The van der Waals surface area contributed by atoms with Crippen molar-refractivity contribution in [1.82, 2.24) is 0 Å². The van der Waals surface area contributed by atoms with E-state index in [1.165, 1.54) is 12.7 Å². The van der Waals surface area contributed by atoms with Gasteiger partial charge < -0.3 is 10.1 Å². The molecule has 4 heteroatoms. The van der Waals surface area contributed by atoms with Crippen molar-refractivity contribution in [2.75, 3.05) is 12.4 Å². The molecule has 0 spiro atoms. The van der Waals surface area contributed by atoms with Gasteiger partial charge in [0.15, 0.2) is 0 Å². The summed E-state index contributed by atoms with van der Waals surface area (Å²) in [6.07, 6.45) is 2.18. The molecular formula is C19H25NO3. The maximum atomic E-state index is 12.6. The van der Waals surface area contributed by atoms with Crippen LogP contribution in [0.4, 0.5) is 5.69 Å². The van der Waals surface area contributed by atoms with Gasteiger partial charge in [0.2, 0.25) is 5.91 Å². The fourth-order valence-electron chi connectivity index (χ4n) is 3.11. The summed E-state index contributed by atoms with van der Waals surface area (Å²) in [5, 5.41) is 2.99. The number of aryl methyl sites for hydroxylation is 1. The number of carbonyl (C=O) groups is 2. The maximum Gasteiger partial charge on any atom is 0.337 e. The van der Waals surface area contributed by atoms with E-state index in [-0.39, 0.29) is 29.1 Å². The summed E-state index contributed by atoms with van der Waals surface area (Å²) in [6.45, 7) is 10.2. The van der Waals surface area contributed by atoms with E-state index in [9.17, 15) is 9.59 Å². The van der Waals surface area contributed by atoms with E-state index >= 15 is 0 Å². The quantitative estimate of drug-likeness (QED) is 0.676. The molecule has 2 atom stereocenters. The minimum absolute atomic E-state index is 0.0127. The number of ether oxygens (including phenoxy) is 1. The molecule has 124 valence electrons. The molecule has 2 unspecified atom stereocenters. The molecule has 1 saturated carbocycles. The zero-order valence-corrected chi connectivity index (χ0v) is 14.7. The fourth-order valence-corrected chi connectivity index (χ4v) is 3.11. The molecule has 23 heavy (non-hydrogen) atoms. The molecule has 1 aromatic rings. The lowest BCUT2D eigenvalue weighted by Crippen LogP contribution is -2.17. The van der Waals surface area contributed by atoms with Crippen LogP contribution >= 0.6 is 0 Å². The second-order valence-electron chi connectivity index (χ2n) is 7.08. The van der Waals surface area contributed by atoms with Gasteiger partial charge in [-0.05, 0) is 55.9 Å². The number of allylic oxidation sites excluding steroid dienone is 2. The van der Waals surface area contributed by atoms with Gasteiger partial charge in [-0.15, -0.1) is 0 Å². The summed E-state index contributed by atoms with van der Waals surface area (Å²) in [7, 11) is 1.35. The topological polar surface area (TPSA) is 55.4 Å². The number of benzene rings is 1. The van der Waals surface area contributed by atoms with Gasteiger partial charge in [0.05, 0.1) is 18.6 Å². The molecule has 1 aliphatic rings. The van der Waals surface area contributed by atoms with Gasteiger partial charge in [-0.1, -0.05) is 25.5 Å². The van der Waals surface area contributed by atoms with Crippen molar-refractivity contribution >= 4 is 17.6 Å². The highest BCUT2D eigenvalue weighted by Crippen LogP contribution is 2.59. The molecule has 0 heterocycles. The van der Waals surface area contributed by atoms with E-state index in [4.69, 9.17) is 4.74 Å². The Bertz CT molecular complexity index is 669. The van der Waals surface area contributed by atoms with Crippen LogP contribution in [0.3, 0.4) is 0 Å². The lowest BCUT2D eigenvalue weighted by Gasteiger charge is -2.10. The van der Waals surface area contributed by atoms with Crippen LogP contribution < -0.4 is 5.32 Å². The minimum atomic E-state index is -0.377. The molecular weight excluding hydrogens is 290 g/mol. The molecule has 0 saturated heterocycles. The van der Waals surface area contributed by atoms with Crippen LogP contribution in [0.1, 0.15) is 43.6 Å². The molecule has 0 aromatic heterocycles. The highest BCUT2D eigenvalue weighted by Gasteiger charge is 2.60. The predicted octanol–water partition coefficient (Wildman–Crippen LogP) is 3.96. The minimum Gasteiger partial charge on any atom is -0.465 e. The fraction of sp³-hybridized carbons (Fsp3) is 0.474. The van der Waals surface area contributed by atoms with Crippen LogP contribution in [-0.4, -0.2) is 19.0 Å². The molecule has 1 aromatic carbocycles. The largest absolute Gasteiger partial charge is 0.465 e. The Kier molecular flexibility index (Phi) is 4.64. The zero-order chi connectivity index (χ0) is 17.4. The van der Waals surface area contributed by atoms with E-state index < -0.39 is 0 Å². The third-order valence-corrected chi connectivity index (χ3v) is 4.61. The maximum absolute atomic E-state index is 12.6. The summed E-state index contributed by atoms with van der Waals surface area (Å²) in [5.41, 5.74) is 3.29. The van der Waals surface area contributed by atoms with Gasteiger partial charge in [-0.3, -0.25) is 4.79 Å². The third kappa shape index (κ3) is 3.46. The second kappa shape index (κ2) is 6.19. The molecule has 1 amide bonds. The summed E-state index contributed by atoms with van der Waals surface area (Å²) in [6, 6.07) is 5.15. The first-order valence-electron chi connectivity index (χ1n) is 7.83. The van der Waals surface area contributed by atoms with E-state index in [2.05, 4.69) is 39.1 Å². The number of hydrogen-bond donors (Lipinski definition) is 1. The average Bonchev–Trinajstić information content (AvgIpc) is 3.00. The lowest BCUT2D eigenvalue weighted by molar-refractivity contribution is -0.118. The second-order valence-corrected chi connectivity index (χ2v) is 7.08. The molecule has 2 rings (SSSR count). The van der Waals surface area contributed by atoms with E-state index in [1.54, 1.807) is 18.2 Å². The first kappa shape index (κ1) is 17.3. The highest BCUT2D eigenvalue weighted by molar-refractivity contribution is 5.97. The number of hydrogen-bond acceptors (Lipinski definition) is 3. The number of anilines is 1. The number of amides is 1.